The van der Waals surface area contributed by atoms with Gasteiger partial charge in [-0.1, -0.05) is 25.1 Å². The van der Waals surface area contributed by atoms with E-state index in [0.29, 0.717) is 23.3 Å². The van der Waals surface area contributed by atoms with Crippen LogP contribution in [-0.4, -0.2) is 25.3 Å². The molecule has 0 aliphatic heterocycles. The van der Waals surface area contributed by atoms with Crippen molar-refractivity contribution in [2.24, 2.45) is 7.05 Å². The molecule has 0 amide bonds. The highest BCUT2D eigenvalue weighted by Gasteiger charge is 2.18. The molecule has 0 fully saturated rings. The highest BCUT2D eigenvalue weighted by molar-refractivity contribution is 7.91. The highest BCUT2D eigenvalue weighted by atomic mass is 32.2. The second-order valence-electron chi connectivity index (χ2n) is 6.00. The second-order valence-corrected chi connectivity index (χ2v) is 8.28. The zero-order valence-corrected chi connectivity index (χ0v) is 15.8. The first kappa shape index (κ1) is 18.2. The van der Waals surface area contributed by atoms with Crippen molar-refractivity contribution in [1.29, 1.82) is 0 Å². The maximum atomic E-state index is 12.4. The molecule has 2 aromatic carbocycles. The Hall–Kier alpha value is -2.60. The van der Waals surface area contributed by atoms with Crippen molar-refractivity contribution < 1.29 is 13.2 Å². The maximum absolute atomic E-state index is 12.4. The zero-order valence-electron chi connectivity index (χ0n) is 15.0. The molecule has 136 valence electrons. The van der Waals surface area contributed by atoms with Gasteiger partial charge in [-0.15, -0.1) is 0 Å². The third-order valence-corrected chi connectivity index (χ3v) is 6.10. The Labute approximate surface area is 152 Å². The monoisotopic (exact) mass is 371 g/mol. The Kier molecular flexibility index (Phi) is 4.87. The molecule has 6 heteroatoms. The van der Waals surface area contributed by atoms with Crippen LogP contribution in [0, 0.1) is 0 Å². The molecule has 0 aliphatic carbocycles. The molecule has 0 aliphatic rings. The summed E-state index contributed by atoms with van der Waals surface area (Å²) in [5.74, 6) is 0.611. The number of fused-ring (bicyclic) bond motifs is 1. The fourth-order valence-electron chi connectivity index (χ4n) is 2.99. The standard InChI is InChI=1S/C20H21NO4S/c1-4-25-19-11-10-14(26(23,24)5-2)12-17(19)18-13-21(3)20(22)16-9-7-6-8-15(16)18/h6-13H,4-5H2,1-3H3. The van der Waals surface area contributed by atoms with Gasteiger partial charge < -0.3 is 9.30 Å². The van der Waals surface area contributed by atoms with Gasteiger partial charge in [-0.3, -0.25) is 4.79 Å². The summed E-state index contributed by atoms with van der Waals surface area (Å²) in [5, 5.41) is 1.35. The molecule has 1 heterocycles. The molecular weight excluding hydrogens is 350 g/mol. The summed E-state index contributed by atoms with van der Waals surface area (Å²) in [6.45, 7) is 3.95. The summed E-state index contributed by atoms with van der Waals surface area (Å²) in [6.07, 6.45) is 1.73. The number of pyridine rings is 1. The van der Waals surface area contributed by atoms with E-state index < -0.39 is 9.84 Å². The molecular formula is C20H21NO4S. The van der Waals surface area contributed by atoms with Gasteiger partial charge in [-0.25, -0.2) is 8.42 Å². The van der Waals surface area contributed by atoms with Crippen LogP contribution < -0.4 is 10.3 Å². The number of sulfone groups is 1. The minimum absolute atomic E-state index is 0.0223. The smallest absolute Gasteiger partial charge is 0.258 e. The van der Waals surface area contributed by atoms with Crippen LogP contribution in [0.15, 0.2) is 58.4 Å². The van der Waals surface area contributed by atoms with Crippen molar-refractivity contribution in [3.8, 4) is 16.9 Å². The zero-order chi connectivity index (χ0) is 18.9. The van der Waals surface area contributed by atoms with E-state index in [1.807, 2.05) is 25.1 Å². The molecule has 0 saturated heterocycles. The van der Waals surface area contributed by atoms with E-state index in [4.69, 9.17) is 4.74 Å². The van der Waals surface area contributed by atoms with E-state index in [1.54, 1.807) is 44.4 Å². The topological polar surface area (TPSA) is 65.4 Å². The van der Waals surface area contributed by atoms with Gasteiger partial charge in [0.2, 0.25) is 0 Å². The first-order valence-electron chi connectivity index (χ1n) is 8.47. The van der Waals surface area contributed by atoms with Crippen LogP contribution in [0.1, 0.15) is 13.8 Å². The maximum Gasteiger partial charge on any atom is 0.258 e. The molecule has 0 spiro atoms. The van der Waals surface area contributed by atoms with E-state index in [1.165, 1.54) is 4.57 Å². The molecule has 5 nitrogen and oxygen atoms in total. The summed E-state index contributed by atoms with van der Waals surface area (Å²) in [7, 11) is -1.67. The molecule has 26 heavy (non-hydrogen) atoms. The lowest BCUT2D eigenvalue weighted by Crippen LogP contribution is -2.16. The third-order valence-electron chi connectivity index (χ3n) is 4.37. The van der Waals surface area contributed by atoms with Gasteiger partial charge in [0.05, 0.1) is 17.3 Å². The quantitative estimate of drug-likeness (QED) is 0.689. The van der Waals surface area contributed by atoms with Crippen LogP contribution >= 0.6 is 0 Å². The van der Waals surface area contributed by atoms with Crippen LogP contribution in [0.25, 0.3) is 21.9 Å². The van der Waals surface area contributed by atoms with Gasteiger partial charge in [-0.2, -0.15) is 0 Å². The molecule has 0 atom stereocenters. The molecule has 3 aromatic rings. The van der Waals surface area contributed by atoms with Gasteiger partial charge in [0.25, 0.3) is 5.56 Å². The van der Waals surface area contributed by atoms with Crippen LogP contribution in [0.4, 0.5) is 0 Å². The van der Waals surface area contributed by atoms with E-state index in [-0.39, 0.29) is 16.2 Å². The number of benzene rings is 2. The predicted molar refractivity (Wildman–Crippen MR) is 104 cm³/mol. The van der Waals surface area contributed by atoms with Crippen molar-refractivity contribution in [3.63, 3.8) is 0 Å². The van der Waals surface area contributed by atoms with Crippen molar-refractivity contribution in [1.82, 2.24) is 4.57 Å². The molecule has 1 aromatic heterocycles. The third kappa shape index (κ3) is 3.12. The highest BCUT2D eigenvalue weighted by Crippen LogP contribution is 2.36. The Morgan fingerprint density at radius 1 is 1.00 bits per heavy atom. The Bertz CT molecular complexity index is 1130. The van der Waals surface area contributed by atoms with Crippen molar-refractivity contribution in [2.45, 2.75) is 18.7 Å². The van der Waals surface area contributed by atoms with Crippen LogP contribution in [0.5, 0.6) is 5.75 Å². The fourth-order valence-corrected chi connectivity index (χ4v) is 3.90. The van der Waals surface area contributed by atoms with Gasteiger partial charge in [-0.05, 0) is 36.6 Å². The number of ether oxygens (including phenoxy) is 1. The molecule has 0 unspecified atom stereocenters. The largest absolute Gasteiger partial charge is 0.493 e. The van der Waals surface area contributed by atoms with Crippen LogP contribution in [0.2, 0.25) is 0 Å². The fraction of sp³-hybridized carbons (Fsp3) is 0.250. The molecule has 0 bridgehead atoms. The van der Waals surface area contributed by atoms with E-state index >= 15 is 0 Å². The summed E-state index contributed by atoms with van der Waals surface area (Å²) in [4.78, 5) is 12.7. The lowest BCUT2D eigenvalue weighted by atomic mass is 10.00. The second kappa shape index (κ2) is 6.96. The predicted octanol–water partition coefficient (Wildman–Crippen LogP) is 3.40. The number of aromatic nitrogens is 1. The number of hydrogen-bond acceptors (Lipinski definition) is 4. The normalized spacial score (nSPS) is 11.7. The van der Waals surface area contributed by atoms with E-state index in [0.717, 1.165) is 10.9 Å². The Morgan fingerprint density at radius 2 is 1.69 bits per heavy atom. The number of hydrogen-bond donors (Lipinski definition) is 0. The van der Waals surface area contributed by atoms with Crippen molar-refractivity contribution in [3.05, 3.63) is 59.0 Å². The SMILES string of the molecule is CCOc1ccc(S(=O)(=O)CC)cc1-c1cn(C)c(=O)c2ccccc12. The number of nitrogens with zero attached hydrogens (tertiary/aromatic N) is 1. The molecule has 0 saturated carbocycles. The van der Waals surface area contributed by atoms with Crippen LogP contribution in [-0.2, 0) is 16.9 Å². The molecule has 3 rings (SSSR count). The molecule has 0 radical (unpaired) electrons. The van der Waals surface area contributed by atoms with Crippen molar-refractivity contribution in [2.75, 3.05) is 12.4 Å². The number of aryl methyl sites for hydroxylation is 1. The van der Waals surface area contributed by atoms with E-state index in [9.17, 15) is 13.2 Å². The summed E-state index contributed by atoms with van der Waals surface area (Å²) >= 11 is 0. The minimum atomic E-state index is -3.36. The average Bonchev–Trinajstić information content (AvgIpc) is 2.65. The van der Waals surface area contributed by atoms with Crippen molar-refractivity contribution >= 4 is 20.6 Å². The van der Waals surface area contributed by atoms with Gasteiger partial charge in [0.15, 0.2) is 9.84 Å². The average molecular weight is 371 g/mol. The van der Waals surface area contributed by atoms with Gasteiger partial charge in [0, 0.05) is 29.8 Å². The Balaban J connectivity index is 2.39. The van der Waals surface area contributed by atoms with Crippen LogP contribution in [0.3, 0.4) is 0 Å². The molecule has 0 N–H and O–H groups in total. The number of rotatable bonds is 5. The summed E-state index contributed by atoms with van der Waals surface area (Å²) in [6, 6.07) is 12.2. The minimum Gasteiger partial charge on any atom is -0.493 e. The summed E-state index contributed by atoms with van der Waals surface area (Å²) < 4.78 is 31.9. The van der Waals surface area contributed by atoms with Gasteiger partial charge in [0.1, 0.15) is 5.75 Å². The first-order chi connectivity index (χ1) is 12.4. The van der Waals surface area contributed by atoms with E-state index in [2.05, 4.69) is 0 Å². The van der Waals surface area contributed by atoms with Gasteiger partial charge >= 0.3 is 0 Å². The summed E-state index contributed by atoms with van der Waals surface area (Å²) in [5.41, 5.74) is 1.33. The lowest BCUT2D eigenvalue weighted by molar-refractivity contribution is 0.341. The lowest BCUT2D eigenvalue weighted by Gasteiger charge is -2.15. The first-order valence-corrected chi connectivity index (χ1v) is 10.1. The Morgan fingerprint density at radius 3 is 2.35 bits per heavy atom.